The van der Waals surface area contributed by atoms with Gasteiger partial charge < -0.3 is 15.4 Å². The van der Waals surface area contributed by atoms with E-state index in [1.165, 1.54) is 16.7 Å². The zero-order valence-corrected chi connectivity index (χ0v) is 22.1. The van der Waals surface area contributed by atoms with Gasteiger partial charge in [0.25, 0.3) is 0 Å². The number of ether oxygens (including phenoxy) is 1. The van der Waals surface area contributed by atoms with Gasteiger partial charge in [-0.3, -0.25) is 9.59 Å². The summed E-state index contributed by atoms with van der Waals surface area (Å²) in [5.41, 5.74) is 5.68. The summed E-state index contributed by atoms with van der Waals surface area (Å²) in [6, 6.07) is 24.4. The number of benzene rings is 3. The molecule has 5 heteroatoms. The van der Waals surface area contributed by atoms with Gasteiger partial charge >= 0.3 is 0 Å². The van der Waals surface area contributed by atoms with E-state index in [1.54, 1.807) is 0 Å². The molecular formula is C32H38N2O3. The molecule has 1 aliphatic carbocycles. The van der Waals surface area contributed by atoms with Gasteiger partial charge in [-0.05, 0) is 65.6 Å². The van der Waals surface area contributed by atoms with Crippen LogP contribution < -0.4 is 15.4 Å². The Kier molecular flexibility index (Phi) is 8.99. The van der Waals surface area contributed by atoms with Crippen LogP contribution in [0.2, 0.25) is 0 Å². The zero-order chi connectivity index (χ0) is 26.2. The zero-order valence-electron chi connectivity index (χ0n) is 22.1. The van der Waals surface area contributed by atoms with E-state index in [9.17, 15) is 9.59 Å². The second-order valence-corrected chi connectivity index (χ2v) is 10.4. The molecule has 194 valence electrons. The fraction of sp³-hybridized carbons (Fsp3) is 0.375. The number of hydrogen-bond donors (Lipinski definition) is 2. The Hall–Kier alpha value is -3.60. The number of carbonyl (C=O) groups excluding carboxylic acids is 2. The van der Waals surface area contributed by atoms with E-state index in [-0.39, 0.29) is 23.7 Å². The first-order chi connectivity index (χ1) is 17.9. The van der Waals surface area contributed by atoms with Crippen molar-refractivity contribution < 1.29 is 14.3 Å². The minimum atomic E-state index is -0.280. The molecule has 2 N–H and O–H groups in total. The number of aryl methyl sites for hydroxylation is 1. The van der Waals surface area contributed by atoms with Crippen LogP contribution in [-0.2, 0) is 22.7 Å². The van der Waals surface area contributed by atoms with Crippen molar-refractivity contribution in [2.45, 2.75) is 53.1 Å². The predicted octanol–water partition coefficient (Wildman–Crippen LogP) is 6.05. The topological polar surface area (TPSA) is 67.4 Å². The fourth-order valence-corrected chi connectivity index (χ4v) is 4.89. The van der Waals surface area contributed by atoms with Gasteiger partial charge in [0.05, 0.1) is 6.61 Å². The van der Waals surface area contributed by atoms with Gasteiger partial charge in [0.15, 0.2) is 0 Å². The van der Waals surface area contributed by atoms with E-state index in [1.807, 2.05) is 36.4 Å². The molecule has 3 aromatic carbocycles. The normalized spacial score (nSPS) is 17.0. The maximum Gasteiger partial charge on any atom is 0.224 e. The lowest BCUT2D eigenvalue weighted by Gasteiger charge is -2.19. The molecule has 1 fully saturated rings. The molecule has 0 saturated heterocycles. The molecule has 4 rings (SSSR count). The van der Waals surface area contributed by atoms with E-state index in [4.69, 9.17) is 4.74 Å². The number of carbonyl (C=O) groups is 2. The Bertz CT molecular complexity index is 1190. The van der Waals surface area contributed by atoms with Crippen molar-refractivity contribution >= 4 is 11.8 Å². The number of amides is 2. The Labute approximate surface area is 220 Å². The van der Waals surface area contributed by atoms with Gasteiger partial charge in [0.2, 0.25) is 11.8 Å². The Morgan fingerprint density at radius 2 is 1.35 bits per heavy atom. The van der Waals surface area contributed by atoms with E-state index in [2.05, 4.69) is 67.8 Å². The summed E-state index contributed by atoms with van der Waals surface area (Å²) >= 11 is 0. The van der Waals surface area contributed by atoms with Gasteiger partial charge in [-0.1, -0.05) is 80.9 Å². The quantitative estimate of drug-likeness (QED) is 0.358. The third-order valence-corrected chi connectivity index (χ3v) is 7.04. The molecule has 1 aliphatic rings. The summed E-state index contributed by atoms with van der Waals surface area (Å²) in [6.07, 6.45) is 2.39. The molecule has 37 heavy (non-hydrogen) atoms. The molecule has 0 aliphatic heterocycles. The van der Waals surface area contributed by atoms with Crippen LogP contribution in [0.3, 0.4) is 0 Å². The third kappa shape index (κ3) is 7.22. The minimum absolute atomic E-state index is 0.0349. The molecule has 5 nitrogen and oxygen atoms in total. The van der Waals surface area contributed by atoms with Crippen LogP contribution in [0.15, 0.2) is 72.8 Å². The smallest absolute Gasteiger partial charge is 0.224 e. The van der Waals surface area contributed by atoms with Crippen molar-refractivity contribution in [3.05, 3.63) is 89.5 Å². The molecule has 0 spiro atoms. The molecule has 0 heterocycles. The lowest BCUT2D eigenvalue weighted by molar-refractivity contribution is -0.133. The van der Waals surface area contributed by atoms with Crippen LogP contribution in [0.25, 0.3) is 11.1 Å². The van der Waals surface area contributed by atoms with Crippen LogP contribution in [0.5, 0.6) is 5.75 Å². The minimum Gasteiger partial charge on any atom is -0.493 e. The molecular weight excluding hydrogens is 460 g/mol. The molecule has 0 aromatic heterocycles. The summed E-state index contributed by atoms with van der Waals surface area (Å²) < 4.78 is 5.72. The Morgan fingerprint density at radius 3 is 1.89 bits per heavy atom. The number of nitrogens with one attached hydrogen (secondary N) is 2. The highest BCUT2D eigenvalue weighted by atomic mass is 16.5. The first-order valence-corrected chi connectivity index (χ1v) is 13.3. The molecule has 1 saturated carbocycles. The summed E-state index contributed by atoms with van der Waals surface area (Å²) in [6.45, 7) is 7.93. The third-order valence-electron chi connectivity index (χ3n) is 7.04. The van der Waals surface area contributed by atoms with Crippen molar-refractivity contribution in [2.75, 3.05) is 6.61 Å². The first kappa shape index (κ1) is 26.5. The fourth-order valence-electron chi connectivity index (χ4n) is 4.89. The van der Waals surface area contributed by atoms with E-state index >= 15 is 0 Å². The first-order valence-electron chi connectivity index (χ1n) is 13.3. The summed E-state index contributed by atoms with van der Waals surface area (Å²) in [5, 5.41) is 6.10. The van der Waals surface area contributed by atoms with Gasteiger partial charge in [-0.15, -0.1) is 0 Å². The van der Waals surface area contributed by atoms with E-state index < -0.39 is 0 Å². The SMILES string of the molecule is Cc1ccccc1-c1ccc(CNC(=O)C2CCC[C@H]2C(=O)NCc2ccc(OCC(C)C)cc2)cc1. The summed E-state index contributed by atoms with van der Waals surface area (Å²) in [7, 11) is 0. The van der Waals surface area contributed by atoms with Crippen LogP contribution >= 0.6 is 0 Å². The Morgan fingerprint density at radius 1 is 0.811 bits per heavy atom. The van der Waals surface area contributed by atoms with Crippen LogP contribution in [-0.4, -0.2) is 18.4 Å². The molecule has 0 radical (unpaired) electrons. The van der Waals surface area contributed by atoms with Crippen molar-refractivity contribution in [3.8, 4) is 16.9 Å². The van der Waals surface area contributed by atoms with Crippen molar-refractivity contribution in [1.82, 2.24) is 10.6 Å². The second kappa shape index (κ2) is 12.6. The molecule has 2 atom stereocenters. The highest BCUT2D eigenvalue weighted by Crippen LogP contribution is 2.32. The van der Waals surface area contributed by atoms with E-state index in [0.717, 1.165) is 36.1 Å². The average molecular weight is 499 g/mol. The summed E-state index contributed by atoms with van der Waals surface area (Å²) in [4.78, 5) is 25.9. The van der Waals surface area contributed by atoms with Crippen LogP contribution in [0, 0.1) is 24.7 Å². The maximum atomic E-state index is 13.0. The highest BCUT2D eigenvalue weighted by Gasteiger charge is 2.37. The van der Waals surface area contributed by atoms with E-state index in [0.29, 0.717) is 25.6 Å². The monoisotopic (exact) mass is 498 g/mol. The van der Waals surface area contributed by atoms with Gasteiger partial charge in [-0.25, -0.2) is 0 Å². The van der Waals surface area contributed by atoms with Crippen molar-refractivity contribution in [3.63, 3.8) is 0 Å². The maximum absolute atomic E-state index is 13.0. The van der Waals surface area contributed by atoms with Crippen molar-refractivity contribution in [2.24, 2.45) is 17.8 Å². The average Bonchev–Trinajstić information content (AvgIpc) is 3.41. The highest BCUT2D eigenvalue weighted by molar-refractivity contribution is 5.88. The van der Waals surface area contributed by atoms with Gasteiger partial charge in [0, 0.05) is 24.9 Å². The molecule has 3 aromatic rings. The molecule has 1 unspecified atom stereocenters. The number of rotatable bonds is 10. The van der Waals surface area contributed by atoms with Crippen molar-refractivity contribution in [1.29, 1.82) is 0 Å². The number of hydrogen-bond acceptors (Lipinski definition) is 3. The summed E-state index contributed by atoms with van der Waals surface area (Å²) in [5.74, 6) is 0.670. The van der Waals surface area contributed by atoms with Gasteiger partial charge in [-0.2, -0.15) is 0 Å². The largest absolute Gasteiger partial charge is 0.493 e. The van der Waals surface area contributed by atoms with Gasteiger partial charge in [0.1, 0.15) is 5.75 Å². The second-order valence-electron chi connectivity index (χ2n) is 10.4. The molecule has 2 amide bonds. The van der Waals surface area contributed by atoms with Crippen LogP contribution in [0.4, 0.5) is 0 Å². The van der Waals surface area contributed by atoms with Crippen LogP contribution in [0.1, 0.15) is 49.8 Å². The Balaban J connectivity index is 1.26. The molecule has 0 bridgehead atoms. The predicted molar refractivity (Wildman–Crippen MR) is 148 cm³/mol. The lowest BCUT2D eigenvalue weighted by atomic mass is 9.94. The standard InChI is InChI=1S/C32H38N2O3/c1-22(2)21-37-27-17-13-25(14-18-27)20-34-32(36)30-10-6-9-29(30)31(35)33-19-24-11-15-26(16-12-24)28-8-5-4-7-23(28)3/h4-5,7-8,11-18,22,29-30H,6,9-10,19-21H2,1-3H3,(H,33,35)(H,34,36)/t29?,30-/m1/s1. The lowest BCUT2D eigenvalue weighted by Crippen LogP contribution is -2.39.